The molecule has 5 aromatic rings. The van der Waals surface area contributed by atoms with E-state index in [-0.39, 0.29) is 11.9 Å². The van der Waals surface area contributed by atoms with E-state index in [1.54, 1.807) is 10.7 Å². The highest BCUT2D eigenvalue weighted by atomic mass is 16.2. The van der Waals surface area contributed by atoms with Crippen LogP contribution in [0.1, 0.15) is 73.5 Å². The summed E-state index contributed by atoms with van der Waals surface area (Å²) in [5, 5.41) is 10.1. The Morgan fingerprint density at radius 2 is 1.70 bits per heavy atom. The molecule has 7 heteroatoms. The normalized spacial score (nSPS) is 11.9. The maximum Gasteiger partial charge on any atom is 0.272 e. The second-order valence-corrected chi connectivity index (χ2v) is 10.2. The number of ketones is 1. The van der Waals surface area contributed by atoms with Gasteiger partial charge in [-0.15, -0.1) is 0 Å². The van der Waals surface area contributed by atoms with Crippen LogP contribution in [0.2, 0.25) is 0 Å². The third-order valence-corrected chi connectivity index (χ3v) is 7.25. The SMILES string of the molecule is CCC(=O)CCCCC[C@H](NC(=O)c1cc(C)n(-c2ccccc2)n1)c1ncc(-c2ccc3ccccc3c2)[nH]1. The van der Waals surface area contributed by atoms with E-state index in [1.807, 2.05) is 62.5 Å². The quantitative estimate of drug-likeness (QED) is 0.167. The number of aromatic nitrogens is 4. The lowest BCUT2D eigenvalue weighted by Crippen LogP contribution is -2.29. The molecule has 2 heterocycles. The monoisotopic (exact) mass is 533 g/mol. The van der Waals surface area contributed by atoms with Crippen molar-refractivity contribution in [3.05, 3.63) is 102 Å². The molecule has 0 fully saturated rings. The van der Waals surface area contributed by atoms with E-state index >= 15 is 0 Å². The summed E-state index contributed by atoms with van der Waals surface area (Å²) in [4.78, 5) is 33.2. The first-order valence-corrected chi connectivity index (χ1v) is 14.0. The van der Waals surface area contributed by atoms with Crippen LogP contribution in [0.15, 0.2) is 85.1 Å². The molecule has 0 aliphatic rings. The zero-order valence-corrected chi connectivity index (χ0v) is 23.1. The van der Waals surface area contributed by atoms with E-state index in [9.17, 15) is 9.59 Å². The number of hydrogen-bond acceptors (Lipinski definition) is 4. The van der Waals surface area contributed by atoms with E-state index in [0.717, 1.165) is 47.3 Å². The average molecular weight is 534 g/mol. The molecule has 204 valence electrons. The minimum absolute atomic E-state index is 0.243. The molecule has 0 bridgehead atoms. The highest BCUT2D eigenvalue weighted by molar-refractivity contribution is 5.92. The van der Waals surface area contributed by atoms with Gasteiger partial charge in [-0.3, -0.25) is 9.59 Å². The van der Waals surface area contributed by atoms with Gasteiger partial charge >= 0.3 is 0 Å². The first-order valence-electron chi connectivity index (χ1n) is 14.0. The molecule has 0 aliphatic carbocycles. The molecule has 0 aliphatic heterocycles. The largest absolute Gasteiger partial charge is 0.341 e. The van der Waals surface area contributed by atoms with Crippen molar-refractivity contribution in [2.75, 3.05) is 0 Å². The number of H-pyrrole nitrogens is 1. The average Bonchev–Trinajstić information content (AvgIpc) is 3.64. The summed E-state index contributed by atoms with van der Waals surface area (Å²) in [6.45, 7) is 3.84. The van der Waals surface area contributed by atoms with Crippen LogP contribution in [0, 0.1) is 6.92 Å². The van der Waals surface area contributed by atoms with Gasteiger partial charge in [0.25, 0.3) is 5.91 Å². The van der Waals surface area contributed by atoms with Crippen LogP contribution in [-0.4, -0.2) is 31.4 Å². The highest BCUT2D eigenvalue weighted by Gasteiger charge is 2.21. The Bertz CT molecular complexity index is 1600. The Hall–Kier alpha value is -4.52. The van der Waals surface area contributed by atoms with Crippen LogP contribution < -0.4 is 5.32 Å². The van der Waals surface area contributed by atoms with Crippen molar-refractivity contribution in [3.63, 3.8) is 0 Å². The number of carbonyl (C=O) groups is 2. The van der Waals surface area contributed by atoms with Gasteiger partial charge in [-0.25, -0.2) is 9.67 Å². The third kappa shape index (κ3) is 6.37. The Morgan fingerprint density at radius 1 is 0.925 bits per heavy atom. The van der Waals surface area contributed by atoms with E-state index in [0.29, 0.717) is 36.6 Å². The fourth-order valence-corrected chi connectivity index (χ4v) is 4.97. The second kappa shape index (κ2) is 12.6. The predicted octanol–water partition coefficient (Wildman–Crippen LogP) is 7.12. The van der Waals surface area contributed by atoms with Crippen molar-refractivity contribution >= 4 is 22.5 Å². The third-order valence-electron chi connectivity index (χ3n) is 7.25. The number of nitrogens with zero attached hydrogens (tertiary/aromatic N) is 3. The summed E-state index contributed by atoms with van der Waals surface area (Å²) in [7, 11) is 0. The molecule has 1 atom stereocenters. The molecule has 5 rings (SSSR count). The summed E-state index contributed by atoms with van der Waals surface area (Å²) in [6.07, 6.45) is 6.36. The number of aryl methyl sites for hydroxylation is 1. The van der Waals surface area contributed by atoms with Gasteiger partial charge in [-0.2, -0.15) is 5.10 Å². The summed E-state index contributed by atoms with van der Waals surface area (Å²) in [5.74, 6) is 0.758. The number of imidazole rings is 1. The topological polar surface area (TPSA) is 92.7 Å². The molecule has 7 nitrogen and oxygen atoms in total. The van der Waals surface area contributed by atoms with Gasteiger partial charge in [0.15, 0.2) is 5.69 Å². The number of unbranched alkanes of at least 4 members (excludes halogenated alkanes) is 2. The van der Waals surface area contributed by atoms with Crippen LogP contribution >= 0.6 is 0 Å². The molecular weight excluding hydrogens is 498 g/mol. The Kier molecular flexibility index (Phi) is 8.50. The van der Waals surface area contributed by atoms with Crippen molar-refractivity contribution < 1.29 is 9.59 Å². The summed E-state index contributed by atoms with van der Waals surface area (Å²) < 4.78 is 1.78. The lowest BCUT2D eigenvalue weighted by Gasteiger charge is -2.16. The van der Waals surface area contributed by atoms with Gasteiger partial charge in [-0.05, 0) is 54.8 Å². The van der Waals surface area contributed by atoms with Crippen molar-refractivity contribution in [2.24, 2.45) is 0 Å². The first kappa shape index (κ1) is 27.1. The summed E-state index contributed by atoms with van der Waals surface area (Å²) in [6, 6.07) is 25.9. The molecule has 0 unspecified atom stereocenters. The summed E-state index contributed by atoms with van der Waals surface area (Å²) >= 11 is 0. The van der Waals surface area contributed by atoms with Crippen LogP contribution in [0.3, 0.4) is 0 Å². The maximum atomic E-state index is 13.4. The fourth-order valence-electron chi connectivity index (χ4n) is 4.97. The molecule has 2 N–H and O–H groups in total. The van der Waals surface area contributed by atoms with Crippen molar-refractivity contribution in [2.45, 2.75) is 58.4 Å². The highest BCUT2D eigenvalue weighted by Crippen LogP contribution is 2.26. The fraction of sp³-hybridized carbons (Fsp3) is 0.273. The lowest BCUT2D eigenvalue weighted by atomic mass is 10.0. The zero-order chi connectivity index (χ0) is 27.9. The van der Waals surface area contributed by atoms with Crippen LogP contribution in [0.5, 0.6) is 0 Å². The number of hydrogen-bond donors (Lipinski definition) is 2. The standard InChI is InChI=1S/C33H35N5O2/c1-3-28(39)16-8-5-9-17-29(36-33(40)30-20-23(2)38(37-30)27-14-6-4-7-15-27)32-34-22-31(35-32)26-19-18-24-12-10-11-13-25(24)21-26/h4,6-7,10-15,18-22,29H,3,5,8-9,16-17H2,1-2H3,(H,34,35)(H,36,40)/t29-/m0/s1. The van der Waals surface area contributed by atoms with Crippen LogP contribution in [0.25, 0.3) is 27.7 Å². The number of fused-ring (bicyclic) bond motifs is 1. The smallest absolute Gasteiger partial charge is 0.272 e. The van der Waals surface area contributed by atoms with Crippen molar-refractivity contribution in [1.82, 2.24) is 25.1 Å². The molecule has 40 heavy (non-hydrogen) atoms. The van der Waals surface area contributed by atoms with Crippen molar-refractivity contribution in [3.8, 4) is 16.9 Å². The van der Waals surface area contributed by atoms with Crippen molar-refractivity contribution in [1.29, 1.82) is 0 Å². The molecule has 2 aromatic heterocycles. The molecule has 0 saturated heterocycles. The van der Waals surface area contributed by atoms with E-state index < -0.39 is 0 Å². The number of rotatable bonds is 12. The van der Waals surface area contributed by atoms with E-state index in [1.165, 1.54) is 5.39 Å². The molecule has 0 saturated carbocycles. The number of aromatic amines is 1. The van der Waals surface area contributed by atoms with Crippen LogP contribution in [-0.2, 0) is 4.79 Å². The molecule has 1 amide bonds. The minimum Gasteiger partial charge on any atom is -0.341 e. The van der Waals surface area contributed by atoms with E-state index in [2.05, 4.69) is 50.7 Å². The van der Waals surface area contributed by atoms with Gasteiger partial charge < -0.3 is 10.3 Å². The number of carbonyl (C=O) groups excluding carboxylic acids is 2. The predicted molar refractivity (Wildman–Crippen MR) is 158 cm³/mol. The Labute approximate surface area is 234 Å². The molecule has 0 radical (unpaired) electrons. The Balaban J connectivity index is 1.34. The van der Waals surface area contributed by atoms with Gasteiger partial charge in [0.2, 0.25) is 0 Å². The van der Waals surface area contributed by atoms with Gasteiger partial charge in [0.1, 0.15) is 11.6 Å². The number of nitrogens with one attached hydrogen (secondary N) is 2. The van der Waals surface area contributed by atoms with Gasteiger partial charge in [0, 0.05) is 24.1 Å². The van der Waals surface area contributed by atoms with Gasteiger partial charge in [-0.1, -0.05) is 74.4 Å². The number of Topliss-reactive ketones (excluding diaryl/α,β-unsaturated/α-hetero) is 1. The molecule has 0 spiro atoms. The van der Waals surface area contributed by atoms with Crippen LogP contribution in [0.4, 0.5) is 0 Å². The second-order valence-electron chi connectivity index (χ2n) is 10.2. The van der Waals surface area contributed by atoms with Gasteiger partial charge in [0.05, 0.1) is 23.6 Å². The Morgan fingerprint density at radius 3 is 2.50 bits per heavy atom. The van der Waals surface area contributed by atoms with E-state index in [4.69, 9.17) is 0 Å². The molecule has 3 aromatic carbocycles. The zero-order valence-electron chi connectivity index (χ0n) is 23.1. The minimum atomic E-state index is -0.314. The lowest BCUT2D eigenvalue weighted by molar-refractivity contribution is -0.118. The maximum absolute atomic E-state index is 13.4. The number of benzene rings is 3. The number of para-hydroxylation sites is 1. The molecular formula is C33H35N5O2. The summed E-state index contributed by atoms with van der Waals surface area (Å²) in [5.41, 5.74) is 4.09. The first-order chi connectivity index (χ1) is 19.5. The number of amides is 1.